The van der Waals surface area contributed by atoms with Crippen molar-refractivity contribution in [3.05, 3.63) is 0 Å². The van der Waals surface area contributed by atoms with E-state index in [0.717, 1.165) is 0 Å². The predicted octanol–water partition coefficient (Wildman–Crippen LogP) is 1.84. The van der Waals surface area contributed by atoms with E-state index in [1.807, 2.05) is 0 Å². The van der Waals surface area contributed by atoms with Gasteiger partial charge in [0.25, 0.3) is 0 Å². The summed E-state index contributed by atoms with van der Waals surface area (Å²) < 4.78 is 31.6. The molecule has 80 valence electrons. The van der Waals surface area contributed by atoms with Crippen molar-refractivity contribution in [1.82, 2.24) is 0 Å². The van der Waals surface area contributed by atoms with Crippen LogP contribution in [0, 0.1) is 0 Å². The maximum atomic E-state index is 13.5. The number of nitrogens with zero attached hydrogens (tertiary/aromatic N) is 1. The zero-order valence-electron chi connectivity index (χ0n) is 7.75. The van der Waals surface area contributed by atoms with Gasteiger partial charge in [-0.2, -0.15) is 0 Å². The summed E-state index contributed by atoms with van der Waals surface area (Å²) in [6.07, 6.45) is -1.22. The van der Waals surface area contributed by atoms with Crippen LogP contribution in [0.15, 0.2) is 5.16 Å². The second kappa shape index (κ2) is 3.46. The SMILES string of the molecule is ON=C1CCC2(CC1)OCC(F)C2F. The molecule has 1 saturated carbocycles. The lowest BCUT2D eigenvalue weighted by Crippen LogP contribution is -2.42. The normalized spacial score (nSPS) is 43.1. The molecule has 0 aromatic rings. The van der Waals surface area contributed by atoms with Crippen LogP contribution in [0.3, 0.4) is 0 Å². The van der Waals surface area contributed by atoms with Gasteiger partial charge in [-0.25, -0.2) is 8.78 Å². The van der Waals surface area contributed by atoms with Crippen LogP contribution >= 0.6 is 0 Å². The zero-order chi connectivity index (χ0) is 10.2. The third-order valence-electron chi connectivity index (χ3n) is 3.17. The Bertz CT molecular complexity index is 247. The minimum atomic E-state index is -1.53. The number of ether oxygens (including phenoxy) is 1. The molecule has 1 aliphatic carbocycles. The Morgan fingerprint density at radius 1 is 1.36 bits per heavy atom. The van der Waals surface area contributed by atoms with E-state index in [1.165, 1.54) is 0 Å². The second-order valence-corrected chi connectivity index (χ2v) is 3.96. The summed E-state index contributed by atoms with van der Waals surface area (Å²) in [5.74, 6) is 0. The summed E-state index contributed by atoms with van der Waals surface area (Å²) in [5, 5.41) is 11.6. The maximum Gasteiger partial charge on any atom is 0.162 e. The van der Waals surface area contributed by atoms with E-state index in [2.05, 4.69) is 5.16 Å². The molecule has 0 bridgehead atoms. The van der Waals surface area contributed by atoms with Crippen molar-refractivity contribution in [3.8, 4) is 0 Å². The molecule has 1 aliphatic heterocycles. The van der Waals surface area contributed by atoms with Gasteiger partial charge in [0.05, 0.1) is 12.3 Å². The molecule has 2 atom stereocenters. The van der Waals surface area contributed by atoms with E-state index in [4.69, 9.17) is 9.94 Å². The molecule has 0 amide bonds. The molecule has 0 radical (unpaired) electrons. The Balaban J connectivity index is 2.06. The first-order valence-corrected chi connectivity index (χ1v) is 4.80. The lowest BCUT2D eigenvalue weighted by Gasteiger charge is -2.34. The summed E-state index contributed by atoms with van der Waals surface area (Å²) in [6.45, 7) is -0.146. The van der Waals surface area contributed by atoms with Gasteiger partial charge in [0, 0.05) is 0 Å². The zero-order valence-corrected chi connectivity index (χ0v) is 7.75. The quantitative estimate of drug-likeness (QED) is 0.484. The van der Waals surface area contributed by atoms with Crippen molar-refractivity contribution in [1.29, 1.82) is 0 Å². The molecule has 14 heavy (non-hydrogen) atoms. The Hall–Kier alpha value is -0.710. The summed E-state index contributed by atoms with van der Waals surface area (Å²) in [4.78, 5) is 0. The van der Waals surface area contributed by atoms with E-state index in [1.54, 1.807) is 0 Å². The van der Waals surface area contributed by atoms with Gasteiger partial charge >= 0.3 is 0 Å². The first-order chi connectivity index (χ1) is 6.68. The van der Waals surface area contributed by atoms with Crippen LogP contribution in [0.1, 0.15) is 25.7 Å². The van der Waals surface area contributed by atoms with Crippen molar-refractivity contribution in [2.75, 3.05) is 6.61 Å². The number of halogens is 2. The number of hydrogen-bond donors (Lipinski definition) is 1. The molecule has 2 aliphatic rings. The molecule has 3 nitrogen and oxygen atoms in total. The van der Waals surface area contributed by atoms with Crippen LogP contribution in [0.4, 0.5) is 8.78 Å². The summed E-state index contributed by atoms with van der Waals surface area (Å²) in [5.41, 5.74) is -0.304. The highest BCUT2D eigenvalue weighted by Crippen LogP contribution is 2.41. The van der Waals surface area contributed by atoms with E-state index in [9.17, 15) is 8.78 Å². The Kier molecular flexibility index (Phi) is 2.43. The number of alkyl halides is 2. The van der Waals surface area contributed by atoms with Gasteiger partial charge < -0.3 is 9.94 Å². The molecule has 2 fully saturated rings. The third kappa shape index (κ3) is 1.39. The minimum absolute atomic E-state index is 0.146. The predicted molar refractivity (Wildman–Crippen MR) is 46.2 cm³/mol. The van der Waals surface area contributed by atoms with Gasteiger partial charge in [0.15, 0.2) is 12.3 Å². The van der Waals surface area contributed by atoms with Crippen LogP contribution in [0.25, 0.3) is 0 Å². The van der Waals surface area contributed by atoms with Gasteiger partial charge in [-0.1, -0.05) is 5.16 Å². The molecular weight excluding hydrogens is 192 g/mol. The van der Waals surface area contributed by atoms with E-state index in [-0.39, 0.29) is 6.61 Å². The maximum absolute atomic E-state index is 13.5. The highest BCUT2D eigenvalue weighted by atomic mass is 19.2. The number of rotatable bonds is 0. The summed E-state index contributed by atoms with van der Waals surface area (Å²) in [6, 6.07) is 0. The molecule has 1 spiro atoms. The van der Waals surface area contributed by atoms with Crippen molar-refractivity contribution < 1.29 is 18.7 Å². The highest BCUT2D eigenvalue weighted by Gasteiger charge is 2.52. The van der Waals surface area contributed by atoms with Crippen molar-refractivity contribution in [3.63, 3.8) is 0 Å². The number of hydrogen-bond acceptors (Lipinski definition) is 3. The molecule has 5 heteroatoms. The van der Waals surface area contributed by atoms with Crippen molar-refractivity contribution in [2.45, 2.75) is 43.6 Å². The van der Waals surface area contributed by atoms with E-state index < -0.39 is 17.9 Å². The number of oxime groups is 1. The van der Waals surface area contributed by atoms with Crippen molar-refractivity contribution in [2.24, 2.45) is 5.16 Å². The van der Waals surface area contributed by atoms with E-state index >= 15 is 0 Å². The second-order valence-electron chi connectivity index (χ2n) is 3.96. The molecule has 1 saturated heterocycles. The van der Waals surface area contributed by atoms with Crippen LogP contribution in [0.5, 0.6) is 0 Å². The summed E-state index contributed by atoms with van der Waals surface area (Å²) >= 11 is 0. The first-order valence-electron chi connectivity index (χ1n) is 4.80. The monoisotopic (exact) mass is 205 g/mol. The van der Waals surface area contributed by atoms with Crippen LogP contribution in [-0.2, 0) is 4.74 Å². The fraction of sp³-hybridized carbons (Fsp3) is 0.889. The average Bonchev–Trinajstić information content (AvgIpc) is 2.49. The van der Waals surface area contributed by atoms with Gasteiger partial charge in [-0.3, -0.25) is 0 Å². The molecule has 0 aromatic carbocycles. The van der Waals surface area contributed by atoms with Gasteiger partial charge in [-0.05, 0) is 25.7 Å². The Labute approximate surface area is 80.7 Å². The van der Waals surface area contributed by atoms with Gasteiger partial charge in [0.1, 0.15) is 5.60 Å². The minimum Gasteiger partial charge on any atom is -0.411 e. The Morgan fingerprint density at radius 2 is 2.00 bits per heavy atom. The van der Waals surface area contributed by atoms with Crippen LogP contribution in [0.2, 0.25) is 0 Å². The smallest absolute Gasteiger partial charge is 0.162 e. The molecule has 2 unspecified atom stereocenters. The largest absolute Gasteiger partial charge is 0.411 e. The van der Waals surface area contributed by atoms with Gasteiger partial charge in [-0.15, -0.1) is 0 Å². The van der Waals surface area contributed by atoms with Crippen LogP contribution in [-0.4, -0.2) is 35.5 Å². The average molecular weight is 205 g/mol. The van der Waals surface area contributed by atoms with Crippen LogP contribution < -0.4 is 0 Å². The van der Waals surface area contributed by atoms with Gasteiger partial charge in [0.2, 0.25) is 0 Å². The summed E-state index contributed by atoms with van der Waals surface area (Å²) in [7, 11) is 0. The highest BCUT2D eigenvalue weighted by molar-refractivity contribution is 5.84. The fourth-order valence-electron chi connectivity index (χ4n) is 2.22. The molecule has 0 aromatic heterocycles. The first kappa shape index (κ1) is 9.83. The third-order valence-corrected chi connectivity index (χ3v) is 3.17. The Morgan fingerprint density at radius 3 is 2.43 bits per heavy atom. The lowest BCUT2D eigenvalue weighted by molar-refractivity contribution is -0.0465. The molecule has 1 heterocycles. The lowest BCUT2D eigenvalue weighted by atomic mass is 9.80. The topological polar surface area (TPSA) is 41.8 Å². The van der Waals surface area contributed by atoms with Crippen molar-refractivity contribution >= 4 is 5.71 Å². The molecular formula is C9H13F2NO2. The molecule has 2 rings (SSSR count). The standard InChI is InChI=1S/C9H13F2NO2/c10-7-5-14-9(8(7)11)3-1-6(12-13)2-4-9/h7-8,13H,1-5H2. The fourth-order valence-corrected chi connectivity index (χ4v) is 2.22. The van der Waals surface area contributed by atoms with E-state index in [0.29, 0.717) is 31.4 Å². The molecule has 1 N–H and O–H groups in total.